The summed E-state index contributed by atoms with van der Waals surface area (Å²) in [5, 5.41) is 11.3. The summed E-state index contributed by atoms with van der Waals surface area (Å²) in [7, 11) is 7.60. The van der Waals surface area contributed by atoms with Crippen molar-refractivity contribution in [2.24, 2.45) is 17.3 Å². The van der Waals surface area contributed by atoms with E-state index in [9.17, 15) is 14.7 Å². The first-order valence-electron chi connectivity index (χ1n) is 17.0. The van der Waals surface area contributed by atoms with Crippen LogP contribution in [0.5, 0.6) is 0 Å². The maximum Gasteiger partial charge on any atom is 0.319 e. The molecule has 3 rings (SSSR count). The Morgan fingerprint density at radius 3 is 2.36 bits per heavy atom. The highest BCUT2D eigenvalue weighted by Crippen LogP contribution is 2.39. The fourth-order valence-corrected chi connectivity index (χ4v) is 7.91. The monoisotopic (exact) mass is 637 g/mol. The molecule has 0 aromatic carbocycles. The number of carbonyl (C=O) groups excluding carboxylic acids is 2. The van der Waals surface area contributed by atoms with Gasteiger partial charge >= 0.3 is 5.97 Å². The molecule has 0 radical (unpaired) electrons. The fraction of sp³-hybridized carbons (Fsp3) is 0.886. The minimum atomic E-state index is -1.43. The van der Waals surface area contributed by atoms with Crippen LogP contribution in [0.3, 0.4) is 0 Å². The highest BCUT2D eigenvalue weighted by atomic mass is 16.7. The van der Waals surface area contributed by atoms with Crippen molar-refractivity contribution in [3.05, 3.63) is 11.6 Å². The summed E-state index contributed by atoms with van der Waals surface area (Å²) in [6.07, 6.45) is 2.27. The number of nitrogens with zero attached hydrogens (tertiary/aromatic N) is 3. The summed E-state index contributed by atoms with van der Waals surface area (Å²) in [5.41, 5.74) is -1.09. The van der Waals surface area contributed by atoms with Gasteiger partial charge in [0.05, 0.1) is 23.9 Å². The summed E-state index contributed by atoms with van der Waals surface area (Å²) in [6, 6.07) is -0.283. The number of aliphatic hydroxyl groups is 1. The standard InChI is InChI=1S/C35H63N3O7/c1-13-16-38-17-14-26(15-18-38)28-25(5)44-33(41)34(6,7)30(40)24(4)31(35(8,42-12)20-22(2)21-37(28)11)45-32-29(39)27(36(9)10)19-23(3)43-32/h14,22-25,27-29,31-32,39H,13,15-21H2,1-12H3/t22-,23?,24+,25-,27?,28-,29-,31-,32?,35-/m1/s1. The summed E-state index contributed by atoms with van der Waals surface area (Å²) in [6.45, 7) is 19.0. The molecule has 0 bridgehead atoms. The van der Waals surface area contributed by atoms with Gasteiger partial charge in [0.2, 0.25) is 0 Å². The molecule has 0 aromatic heterocycles. The van der Waals surface area contributed by atoms with Crippen LogP contribution >= 0.6 is 0 Å². The Bertz CT molecular complexity index is 1030. The van der Waals surface area contributed by atoms with Gasteiger partial charge in [-0.1, -0.05) is 32.4 Å². The van der Waals surface area contributed by atoms with E-state index in [4.69, 9.17) is 18.9 Å². The predicted molar refractivity (Wildman–Crippen MR) is 176 cm³/mol. The second kappa shape index (κ2) is 15.7. The van der Waals surface area contributed by atoms with E-state index < -0.39 is 47.5 Å². The molecule has 2 saturated heterocycles. The van der Waals surface area contributed by atoms with Crippen molar-refractivity contribution in [3.63, 3.8) is 0 Å². The van der Waals surface area contributed by atoms with Crippen LogP contribution in [0.1, 0.15) is 81.1 Å². The van der Waals surface area contributed by atoms with E-state index in [-0.39, 0.29) is 29.9 Å². The smallest absolute Gasteiger partial charge is 0.319 e. The molecule has 0 spiro atoms. The number of Topliss-reactive ketones (excluding diaryl/α,β-unsaturated/α-hetero) is 1. The normalized spacial score (nSPS) is 39.9. The lowest BCUT2D eigenvalue weighted by Gasteiger charge is -2.47. The first-order chi connectivity index (χ1) is 21.0. The van der Waals surface area contributed by atoms with Crippen molar-refractivity contribution in [3.8, 4) is 0 Å². The van der Waals surface area contributed by atoms with Crippen molar-refractivity contribution in [2.75, 3.05) is 54.4 Å². The lowest BCUT2D eigenvalue weighted by molar-refractivity contribution is -0.295. The molecule has 0 aromatic rings. The van der Waals surface area contributed by atoms with Gasteiger partial charge in [-0.15, -0.1) is 0 Å². The van der Waals surface area contributed by atoms with Crippen LogP contribution in [0.4, 0.5) is 0 Å². The van der Waals surface area contributed by atoms with Crippen molar-refractivity contribution in [1.29, 1.82) is 0 Å². The zero-order chi connectivity index (χ0) is 33.9. The number of aliphatic hydroxyl groups excluding tert-OH is 1. The van der Waals surface area contributed by atoms with E-state index in [0.29, 0.717) is 12.8 Å². The van der Waals surface area contributed by atoms with Crippen LogP contribution in [-0.2, 0) is 28.5 Å². The molecular formula is C35H63N3O7. The van der Waals surface area contributed by atoms with Gasteiger partial charge in [0.15, 0.2) is 12.1 Å². The molecule has 45 heavy (non-hydrogen) atoms. The summed E-state index contributed by atoms with van der Waals surface area (Å²) < 4.78 is 25.2. The number of esters is 1. The van der Waals surface area contributed by atoms with Crippen LogP contribution < -0.4 is 0 Å². The van der Waals surface area contributed by atoms with E-state index in [1.54, 1.807) is 27.9 Å². The SMILES string of the molecule is CCCN1CC=C([C@H]2[C@@H](C)OC(=O)C(C)(C)C(=O)[C@H](C)[C@@H](OC3OC(C)CC(N(C)C)[C@H]3O)[C@](C)(OC)C[C@@H](C)CN2C)CC1. The van der Waals surface area contributed by atoms with Crippen molar-refractivity contribution in [2.45, 2.75) is 129 Å². The highest BCUT2D eigenvalue weighted by molar-refractivity contribution is 6.04. The van der Waals surface area contributed by atoms with Gasteiger partial charge in [-0.3, -0.25) is 19.4 Å². The first-order valence-corrected chi connectivity index (χ1v) is 17.0. The van der Waals surface area contributed by atoms with Gasteiger partial charge in [-0.2, -0.15) is 0 Å². The van der Waals surface area contributed by atoms with Gasteiger partial charge in [0, 0.05) is 38.7 Å². The largest absolute Gasteiger partial charge is 0.460 e. The number of rotatable bonds is 7. The number of ketones is 1. The van der Waals surface area contributed by atoms with Crippen molar-refractivity contribution in [1.82, 2.24) is 14.7 Å². The molecule has 0 amide bonds. The topological polar surface area (TPSA) is 101 Å². The molecule has 3 heterocycles. The lowest BCUT2D eigenvalue weighted by atomic mass is 9.74. The van der Waals surface area contributed by atoms with Gasteiger partial charge in [-0.05, 0) is 93.9 Å². The second-order valence-electron chi connectivity index (χ2n) is 15.1. The number of hydrogen-bond acceptors (Lipinski definition) is 10. The third kappa shape index (κ3) is 8.75. The van der Waals surface area contributed by atoms with E-state index >= 15 is 0 Å². The van der Waals surface area contributed by atoms with Crippen LogP contribution in [0.15, 0.2) is 11.6 Å². The molecule has 10 atom stereocenters. The number of hydrogen-bond donors (Lipinski definition) is 1. The molecule has 10 heteroatoms. The summed E-state index contributed by atoms with van der Waals surface area (Å²) in [4.78, 5) is 34.9. The predicted octanol–water partition coefficient (Wildman–Crippen LogP) is 3.75. The van der Waals surface area contributed by atoms with E-state index in [1.807, 2.05) is 39.8 Å². The number of likely N-dealkylation sites (N-methyl/N-ethyl adjacent to an activating group) is 2. The van der Waals surface area contributed by atoms with Crippen LogP contribution in [0.25, 0.3) is 0 Å². The Hall–Kier alpha value is -1.40. The average Bonchev–Trinajstić information content (AvgIpc) is 2.96. The molecule has 3 aliphatic rings. The van der Waals surface area contributed by atoms with Crippen LogP contribution in [-0.4, -0.2) is 134 Å². The number of methoxy groups -OCH3 is 1. The highest BCUT2D eigenvalue weighted by Gasteiger charge is 2.52. The van der Waals surface area contributed by atoms with Crippen LogP contribution in [0, 0.1) is 17.3 Å². The first kappa shape index (κ1) is 38.1. The average molecular weight is 638 g/mol. The Kier molecular flexibility index (Phi) is 13.2. The Labute approximate surface area is 272 Å². The molecule has 260 valence electrons. The lowest BCUT2D eigenvalue weighted by Crippen LogP contribution is -2.59. The van der Waals surface area contributed by atoms with Gasteiger partial charge in [0.25, 0.3) is 0 Å². The molecule has 2 fully saturated rings. The van der Waals surface area contributed by atoms with E-state index in [1.165, 1.54) is 5.57 Å². The molecular weight excluding hydrogens is 574 g/mol. The quantitative estimate of drug-likeness (QED) is 0.252. The van der Waals surface area contributed by atoms with Gasteiger partial charge in [-0.25, -0.2) is 0 Å². The molecule has 1 N–H and O–H groups in total. The Morgan fingerprint density at radius 1 is 1.13 bits per heavy atom. The minimum Gasteiger partial charge on any atom is -0.460 e. The summed E-state index contributed by atoms with van der Waals surface area (Å²) in [5.74, 6) is -1.46. The zero-order valence-electron chi connectivity index (χ0n) is 30.2. The third-order valence-corrected chi connectivity index (χ3v) is 10.4. The molecule has 3 unspecified atom stereocenters. The zero-order valence-corrected chi connectivity index (χ0v) is 30.2. The second-order valence-corrected chi connectivity index (χ2v) is 15.1. The minimum absolute atomic E-state index is 0.111. The Morgan fingerprint density at radius 2 is 1.80 bits per heavy atom. The molecule has 10 nitrogen and oxygen atoms in total. The van der Waals surface area contributed by atoms with Crippen LogP contribution in [0.2, 0.25) is 0 Å². The molecule has 0 aliphatic carbocycles. The van der Waals surface area contributed by atoms with Gasteiger partial charge in [0.1, 0.15) is 17.6 Å². The maximum absolute atomic E-state index is 14.3. The molecule has 0 saturated carbocycles. The summed E-state index contributed by atoms with van der Waals surface area (Å²) >= 11 is 0. The van der Waals surface area contributed by atoms with Gasteiger partial charge < -0.3 is 29.0 Å². The maximum atomic E-state index is 14.3. The van der Waals surface area contributed by atoms with Crippen molar-refractivity contribution >= 4 is 11.8 Å². The fourth-order valence-electron chi connectivity index (χ4n) is 7.91. The van der Waals surface area contributed by atoms with Crippen molar-refractivity contribution < 1.29 is 33.6 Å². The van der Waals surface area contributed by atoms with E-state index in [0.717, 1.165) is 39.0 Å². The molecule has 3 aliphatic heterocycles. The number of ether oxygens (including phenoxy) is 4. The number of carbonyl (C=O) groups is 2. The number of cyclic esters (lactones) is 1. The third-order valence-electron chi connectivity index (χ3n) is 10.4. The van der Waals surface area contributed by atoms with E-state index in [2.05, 4.69) is 36.8 Å². The Balaban J connectivity index is 2.02.